The van der Waals surface area contributed by atoms with Gasteiger partial charge in [-0.25, -0.2) is 0 Å². The molecule has 0 aliphatic heterocycles. The Morgan fingerprint density at radius 2 is 1.75 bits per heavy atom. The smallest absolute Gasteiger partial charge is 0.292 e. The fourth-order valence-corrected chi connectivity index (χ4v) is 2.59. The Hall–Kier alpha value is -2.81. The molecular weight excluding hydrogens is 248 g/mol. The van der Waals surface area contributed by atoms with Crippen LogP contribution >= 0.6 is 0 Å². The van der Waals surface area contributed by atoms with E-state index in [1.165, 1.54) is 16.3 Å². The number of hydrogen-bond acceptors (Lipinski definition) is 3. The van der Waals surface area contributed by atoms with Crippen molar-refractivity contribution in [3.63, 3.8) is 0 Å². The molecule has 20 heavy (non-hydrogen) atoms. The van der Waals surface area contributed by atoms with E-state index in [-0.39, 0.29) is 6.01 Å². The molecule has 96 valence electrons. The van der Waals surface area contributed by atoms with Gasteiger partial charge in [0.25, 0.3) is 6.01 Å². The summed E-state index contributed by atoms with van der Waals surface area (Å²) in [5.74, 6) is 0. The molecule has 0 amide bonds. The van der Waals surface area contributed by atoms with Crippen molar-refractivity contribution in [2.45, 2.75) is 0 Å². The van der Waals surface area contributed by atoms with Crippen LogP contribution < -0.4 is 5.73 Å². The zero-order chi connectivity index (χ0) is 13.5. The van der Waals surface area contributed by atoms with Crippen molar-refractivity contribution in [3.8, 4) is 11.1 Å². The number of oxazole rings is 1. The SMILES string of the molecule is Nc1nc2ccc(-c3cccc4ccccc34)cc2o1. The first-order valence-electron chi connectivity index (χ1n) is 6.45. The first-order chi connectivity index (χ1) is 9.81. The van der Waals surface area contributed by atoms with Crippen molar-refractivity contribution in [1.82, 2.24) is 4.98 Å². The highest BCUT2D eigenvalue weighted by molar-refractivity contribution is 5.98. The number of rotatable bonds is 1. The molecule has 4 rings (SSSR count). The van der Waals surface area contributed by atoms with E-state index in [1.54, 1.807) is 0 Å². The van der Waals surface area contributed by atoms with Crippen LogP contribution in [0.25, 0.3) is 33.0 Å². The number of anilines is 1. The maximum Gasteiger partial charge on any atom is 0.292 e. The minimum atomic E-state index is 0.204. The number of nitrogen functional groups attached to an aromatic ring is 1. The van der Waals surface area contributed by atoms with Crippen LogP contribution in [0.1, 0.15) is 0 Å². The molecule has 0 atom stereocenters. The van der Waals surface area contributed by atoms with Gasteiger partial charge in [-0.15, -0.1) is 0 Å². The molecule has 1 heterocycles. The lowest BCUT2D eigenvalue weighted by Gasteiger charge is -2.06. The van der Waals surface area contributed by atoms with Crippen molar-refractivity contribution < 1.29 is 4.42 Å². The van der Waals surface area contributed by atoms with Gasteiger partial charge in [-0.2, -0.15) is 4.98 Å². The lowest BCUT2D eigenvalue weighted by Crippen LogP contribution is -1.81. The zero-order valence-electron chi connectivity index (χ0n) is 10.7. The fraction of sp³-hybridized carbons (Fsp3) is 0. The third kappa shape index (κ3) is 1.64. The monoisotopic (exact) mass is 260 g/mol. The summed E-state index contributed by atoms with van der Waals surface area (Å²) in [6.07, 6.45) is 0. The highest BCUT2D eigenvalue weighted by Crippen LogP contribution is 2.31. The quantitative estimate of drug-likeness (QED) is 0.557. The first-order valence-corrected chi connectivity index (χ1v) is 6.45. The predicted molar refractivity (Wildman–Crippen MR) is 81.4 cm³/mol. The second-order valence-corrected chi connectivity index (χ2v) is 4.76. The van der Waals surface area contributed by atoms with Gasteiger partial charge < -0.3 is 10.2 Å². The van der Waals surface area contributed by atoms with Crippen molar-refractivity contribution in [2.75, 3.05) is 5.73 Å². The zero-order valence-corrected chi connectivity index (χ0v) is 10.7. The Bertz CT molecular complexity index is 919. The Kier molecular flexibility index (Phi) is 2.27. The third-order valence-corrected chi connectivity index (χ3v) is 3.51. The second kappa shape index (κ2) is 4.10. The van der Waals surface area contributed by atoms with E-state index >= 15 is 0 Å². The van der Waals surface area contributed by atoms with Crippen LogP contribution in [0.2, 0.25) is 0 Å². The van der Waals surface area contributed by atoms with E-state index in [1.807, 2.05) is 24.3 Å². The van der Waals surface area contributed by atoms with Crippen LogP contribution in [0.15, 0.2) is 65.1 Å². The van der Waals surface area contributed by atoms with Crippen LogP contribution in [0.3, 0.4) is 0 Å². The van der Waals surface area contributed by atoms with Gasteiger partial charge in [0.1, 0.15) is 5.52 Å². The van der Waals surface area contributed by atoms with Crippen molar-refractivity contribution in [3.05, 3.63) is 60.7 Å². The molecular formula is C17H12N2O. The van der Waals surface area contributed by atoms with E-state index < -0.39 is 0 Å². The summed E-state index contributed by atoms with van der Waals surface area (Å²) in [6, 6.07) is 20.8. The van der Waals surface area contributed by atoms with Gasteiger partial charge in [0.05, 0.1) is 0 Å². The number of benzene rings is 3. The molecule has 0 aliphatic rings. The standard InChI is InChI=1S/C17H12N2O/c18-17-19-15-9-8-12(10-16(15)20-17)14-7-3-5-11-4-1-2-6-13(11)14/h1-10H,(H2,18,19). The number of fused-ring (bicyclic) bond motifs is 2. The van der Waals surface area contributed by atoms with Gasteiger partial charge in [-0.3, -0.25) is 0 Å². The van der Waals surface area contributed by atoms with E-state index in [4.69, 9.17) is 10.2 Å². The summed E-state index contributed by atoms with van der Waals surface area (Å²) in [4.78, 5) is 4.12. The Morgan fingerprint density at radius 1 is 0.900 bits per heavy atom. The lowest BCUT2D eigenvalue weighted by molar-refractivity contribution is 0.626. The fourth-order valence-electron chi connectivity index (χ4n) is 2.59. The minimum Gasteiger partial charge on any atom is -0.424 e. The van der Waals surface area contributed by atoms with Crippen molar-refractivity contribution in [1.29, 1.82) is 0 Å². The molecule has 1 aromatic heterocycles. The molecule has 3 aromatic carbocycles. The predicted octanol–water partition coefficient (Wildman–Crippen LogP) is 4.23. The van der Waals surface area contributed by atoms with Crippen LogP contribution in [0.5, 0.6) is 0 Å². The molecule has 0 aliphatic carbocycles. The Labute approximate surface area is 115 Å². The summed E-state index contributed by atoms with van der Waals surface area (Å²) in [5, 5.41) is 2.45. The minimum absolute atomic E-state index is 0.204. The average Bonchev–Trinajstić information content (AvgIpc) is 2.85. The van der Waals surface area contributed by atoms with Gasteiger partial charge in [0.2, 0.25) is 0 Å². The van der Waals surface area contributed by atoms with Crippen LogP contribution in [0.4, 0.5) is 6.01 Å². The highest BCUT2D eigenvalue weighted by Gasteiger charge is 2.07. The molecule has 0 fully saturated rings. The average molecular weight is 260 g/mol. The number of nitrogens with zero attached hydrogens (tertiary/aromatic N) is 1. The number of nitrogens with two attached hydrogens (primary N) is 1. The molecule has 3 heteroatoms. The first kappa shape index (κ1) is 11.1. The normalized spacial score (nSPS) is 11.2. The molecule has 0 saturated carbocycles. The molecule has 0 bridgehead atoms. The Balaban J connectivity index is 2.00. The molecule has 0 radical (unpaired) electrons. The molecule has 0 spiro atoms. The van der Waals surface area contributed by atoms with E-state index in [0.717, 1.165) is 11.1 Å². The summed E-state index contributed by atoms with van der Waals surface area (Å²) >= 11 is 0. The second-order valence-electron chi connectivity index (χ2n) is 4.76. The lowest BCUT2D eigenvalue weighted by atomic mass is 9.98. The largest absolute Gasteiger partial charge is 0.424 e. The van der Waals surface area contributed by atoms with Gasteiger partial charge >= 0.3 is 0 Å². The summed E-state index contributed by atoms with van der Waals surface area (Å²) < 4.78 is 5.41. The van der Waals surface area contributed by atoms with E-state index in [9.17, 15) is 0 Å². The summed E-state index contributed by atoms with van der Waals surface area (Å²) in [6.45, 7) is 0. The molecule has 0 unspecified atom stereocenters. The number of hydrogen-bond donors (Lipinski definition) is 1. The molecule has 3 nitrogen and oxygen atoms in total. The van der Waals surface area contributed by atoms with Crippen molar-refractivity contribution in [2.24, 2.45) is 0 Å². The summed E-state index contributed by atoms with van der Waals surface area (Å²) in [5.41, 5.74) is 9.37. The van der Waals surface area contributed by atoms with Gasteiger partial charge in [-0.05, 0) is 34.0 Å². The number of aromatic nitrogens is 1. The third-order valence-electron chi connectivity index (χ3n) is 3.51. The van der Waals surface area contributed by atoms with Crippen LogP contribution in [0, 0.1) is 0 Å². The maximum atomic E-state index is 5.59. The molecule has 0 saturated heterocycles. The van der Waals surface area contributed by atoms with Gasteiger partial charge in [0.15, 0.2) is 5.58 Å². The highest BCUT2D eigenvalue weighted by atomic mass is 16.4. The maximum absolute atomic E-state index is 5.59. The Morgan fingerprint density at radius 3 is 2.70 bits per heavy atom. The van der Waals surface area contributed by atoms with Gasteiger partial charge in [-0.1, -0.05) is 48.5 Å². The van der Waals surface area contributed by atoms with Crippen molar-refractivity contribution >= 4 is 27.9 Å². The van der Waals surface area contributed by atoms with Crippen LogP contribution in [-0.4, -0.2) is 4.98 Å². The molecule has 4 aromatic rings. The van der Waals surface area contributed by atoms with Crippen LogP contribution in [-0.2, 0) is 0 Å². The van der Waals surface area contributed by atoms with E-state index in [2.05, 4.69) is 41.4 Å². The summed E-state index contributed by atoms with van der Waals surface area (Å²) in [7, 11) is 0. The topological polar surface area (TPSA) is 52.0 Å². The van der Waals surface area contributed by atoms with E-state index in [0.29, 0.717) is 5.58 Å². The molecule has 2 N–H and O–H groups in total. The van der Waals surface area contributed by atoms with Gasteiger partial charge in [0, 0.05) is 0 Å².